The van der Waals surface area contributed by atoms with Crippen LogP contribution >= 0.6 is 11.6 Å². The molecule has 1 fully saturated rings. The number of hydrogen-bond acceptors (Lipinski definition) is 3. The van der Waals surface area contributed by atoms with E-state index in [2.05, 4.69) is 16.3 Å². The number of anilines is 1. The number of amides is 1. The average Bonchev–Trinajstić information content (AvgIpc) is 2.62. The summed E-state index contributed by atoms with van der Waals surface area (Å²) in [7, 11) is 1.89. The number of aryl methyl sites for hydroxylation is 1. The van der Waals surface area contributed by atoms with Gasteiger partial charge in [0.05, 0.1) is 0 Å². The summed E-state index contributed by atoms with van der Waals surface area (Å²) in [5.41, 5.74) is 4.13. The quantitative estimate of drug-likeness (QED) is 0.907. The fourth-order valence-electron chi connectivity index (χ4n) is 3.26. The molecule has 1 saturated heterocycles. The summed E-state index contributed by atoms with van der Waals surface area (Å²) in [5, 5.41) is 3.90. The number of carbonyl (C=O) groups excluding carboxylic acids is 1. The van der Waals surface area contributed by atoms with Crippen LogP contribution in [0.2, 0.25) is 5.02 Å². The zero-order chi connectivity index (χ0) is 17.8. The molecule has 5 heteroatoms. The third-order valence-electron chi connectivity index (χ3n) is 4.70. The predicted molar refractivity (Wildman–Crippen MR) is 103 cm³/mol. The monoisotopic (exact) mass is 357 g/mol. The normalized spacial score (nSPS) is 15.2. The van der Waals surface area contributed by atoms with Crippen molar-refractivity contribution in [2.24, 2.45) is 0 Å². The van der Waals surface area contributed by atoms with E-state index in [-0.39, 0.29) is 5.91 Å². The second kappa shape index (κ2) is 7.89. The highest BCUT2D eigenvalue weighted by Gasteiger charge is 2.22. The fourth-order valence-corrected chi connectivity index (χ4v) is 3.48. The molecule has 2 aromatic rings. The summed E-state index contributed by atoms with van der Waals surface area (Å²) in [6.07, 6.45) is 0. The zero-order valence-electron chi connectivity index (χ0n) is 14.8. The third kappa shape index (κ3) is 4.33. The highest BCUT2D eigenvalue weighted by Crippen LogP contribution is 2.18. The topological polar surface area (TPSA) is 35.6 Å². The lowest BCUT2D eigenvalue weighted by Crippen LogP contribution is -2.48. The molecule has 1 heterocycles. The molecule has 1 aliphatic rings. The molecule has 0 aliphatic carbocycles. The maximum absolute atomic E-state index is 12.7. The van der Waals surface area contributed by atoms with Crippen LogP contribution in [0.1, 0.15) is 21.5 Å². The number of nitrogens with zero attached hydrogens (tertiary/aromatic N) is 2. The van der Waals surface area contributed by atoms with Crippen LogP contribution in [0, 0.1) is 6.92 Å². The molecule has 0 radical (unpaired) electrons. The van der Waals surface area contributed by atoms with Crippen LogP contribution in [0.15, 0.2) is 42.5 Å². The number of rotatable bonds is 4. The molecule has 4 nitrogen and oxygen atoms in total. The van der Waals surface area contributed by atoms with Crippen LogP contribution in [0.4, 0.5) is 5.69 Å². The van der Waals surface area contributed by atoms with Gasteiger partial charge in [0.25, 0.3) is 5.91 Å². The Bertz CT molecular complexity index is 754. The standard InChI is InChI=1S/C20H24ClN3O/c1-15-12-17(6-7-19(15)22-2)20(25)24-10-8-23(9-11-24)14-16-4-3-5-18(21)13-16/h3-7,12-13,22H,8-11,14H2,1-2H3. The van der Waals surface area contributed by atoms with Crippen LogP contribution in [0.3, 0.4) is 0 Å². The lowest BCUT2D eigenvalue weighted by molar-refractivity contribution is 0.0628. The zero-order valence-corrected chi connectivity index (χ0v) is 15.5. The first-order valence-electron chi connectivity index (χ1n) is 8.61. The first kappa shape index (κ1) is 17.8. The van der Waals surface area contributed by atoms with Gasteiger partial charge in [-0.25, -0.2) is 0 Å². The van der Waals surface area contributed by atoms with Crippen LogP contribution < -0.4 is 5.32 Å². The number of carbonyl (C=O) groups is 1. The second-order valence-electron chi connectivity index (χ2n) is 6.48. The van der Waals surface area contributed by atoms with Gasteiger partial charge in [-0.2, -0.15) is 0 Å². The van der Waals surface area contributed by atoms with Crippen molar-refractivity contribution < 1.29 is 4.79 Å². The van der Waals surface area contributed by atoms with Gasteiger partial charge in [0.1, 0.15) is 0 Å². The van der Waals surface area contributed by atoms with E-state index in [1.807, 2.05) is 55.3 Å². The summed E-state index contributed by atoms with van der Waals surface area (Å²) < 4.78 is 0. The Morgan fingerprint density at radius 1 is 1.12 bits per heavy atom. The summed E-state index contributed by atoms with van der Waals surface area (Å²) in [6.45, 7) is 6.17. The van der Waals surface area contributed by atoms with E-state index in [1.165, 1.54) is 5.56 Å². The molecule has 132 valence electrons. The van der Waals surface area contributed by atoms with Crippen LogP contribution in [0.25, 0.3) is 0 Å². The molecule has 3 rings (SSSR count). The van der Waals surface area contributed by atoms with E-state index in [4.69, 9.17) is 11.6 Å². The molecule has 0 saturated carbocycles. The lowest BCUT2D eigenvalue weighted by atomic mass is 10.1. The summed E-state index contributed by atoms with van der Waals surface area (Å²) >= 11 is 6.05. The Hall–Kier alpha value is -2.04. The van der Waals surface area contributed by atoms with Crippen molar-refractivity contribution in [1.82, 2.24) is 9.80 Å². The van der Waals surface area contributed by atoms with Gasteiger partial charge in [-0.1, -0.05) is 23.7 Å². The number of hydrogen-bond donors (Lipinski definition) is 1. The third-order valence-corrected chi connectivity index (χ3v) is 4.93. The SMILES string of the molecule is CNc1ccc(C(=O)N2CCN(Cc3cccc(Cl)c3)CC2)cc1C. The van der Waals surface area contributed by atoms with E-state index < -0.39 is 0 Å². The van der Waals surface area contributed by atoms with Gasteiger partial charge in [-0.15, -0.1) is 0 Å². The molecule has 1 amide bonds. The molecule has 2 aromatic carbocycles. The Morgan fingerprint density at radius 2 is 1.88 bits per heavy atom. The summed E-state index contributed by atoms with van der Waals surface area (Å²) in [4.78, 5) is 17.0. The smallest absolute Gasteiger partial charge is 0.253 e. The molecule has 25 heavy (non-hydrogen) atoms. The number of benzene rings is 2. The van der Waals surface area contributed by atoms with E-state index in [0.717, 1.165) is 54.6 Å². The highest BCUT2D eigenvalue weighted by molar-refractivity contribution is 6.30. The minimum atomic E-state index is 0.119. The first-order valence-corrected chi connectivity index (χ1v) is 8.99. The van der Waals surface area contributed by atoms with E-state index in [0.29, 0.717) is 0 Å². The Kier molecular flexibility index (Phi) is 5.61. The van der Waals surface area contributed by atoms with Crippen molar-refractivity contribution in [2.45, 2.75) is 13.5 Å². The van der Waals surface area contributed by atoms with Crippen molar-refractivity contribution in [1.29, 1.82) is 0 Å². The van der Waals surface area contributed by atoms with Crippen molar-refractivity contribution in [3.63, 3.8) is 0 Å². The fraction of sp³-hybridized carbons (Fsp3) is 0.350. The number of halogens is 1. The predicted octanol–water partition coefficient (Wildman–Crippen LogP) is 3.65. The lowest BCUT2D eigenvalue weighted by Gasteiger charge is -2.35. The van der Waals surface area contributed by atoms with Crippen molar-refractivity contribution in [2.75, 3.05) is 38.5 Å². The molecule has 0 aromatic heterocycles. The van der Waals surface area contributed by atoms with Crippen molar-refractivity contribution in [3.05, 3.63) is 64.2 Å². The maximum atomic E-state index is 12.7. The van der Waals surface area contributed by atoms with E-state index >= 15 is 0 Å². The van der Waals surface area contributed by atoms with Crippen molar-refractivity contribution >= 4 is 23.2 Å². The average molecular weight is 358 g/mol. The van der Waals surface area contributed by atoms with Crippen LogP contribution in [0.5, 0.6) is 0 Å². The van der Waals surface area contributed by atoms with Crippen molar-refractivity contribution in [3.8, 4) is 0 Å². The van der Waals surface area contributed by atoms with Gasteiger partial charge in [-0.05, 0) is 48.4 Å². The van der Waals surface area contributed by atoms with Crippen LogP contribution in [-0.4, -0.2) is 48.9 Å². The number of nitrogens with one attached hydrogen (secondary N) is 1. The second-order valence-corrected chi connectivity index (χ2v) is 6.91. The van der Waals surface area contributed by atoms with Gasteiger partial charge in [0.15, 0.2) is 0 Å². The largest absolute Gasteiger partial charge is 0.388 e. The van der Waals surface area contributed by atoms with Gasteiger partial charge in [0, 0.05) is 56.0 Å². The van der Waals surface area contributed by atoms with E-state index in [9.17, 15) is 4.79 Å². The Balaban J connectivity index is 1.58. The Labute approximate surface area is 154 Å². The maximum Gasteiger partial charge on any atom is 0.253 e. The summed E-state index contributed by atoms with van der Waals surface area (Å²) in [5.74, 6) is 0.119. The molecular formula is C20H24ClN3O. The van der Waals surface area contributed by atoms with Gasteiger partial charge in [0.2, 0.25) is 0 Å². The molecule has 0 atom stereocenters. The minimum absolute atomic E-state index is 0.119. The minimum Gasteiger partial charge on any atom is -0.388 e. The molecule has 0 unspecified atom stereocenters. The van der Waals surface area contributed by atoms with Gasteiger partial charge in [-0.3, -0.25) is 9.69 Å². The molecular weight excluding hydrogens is 334 g/mol. The van der Waals surface area contributed by atoms with E-state index in [1.54, 1.807) is 0 Å². The Morgan fingerprint density at radius 3 is 2.52 bits per heavy atom. The number of piperazine rings is 1. The van der Waals surface area contributed by atoms with Crippen LogP contribution in [-0.2, 0) is 6.54 Å². The van der Waals surface area contributed by atoms with Gasteiger partial charge >= 0.3 is 0 Å². The molecule has 0 spiro atoms. The molecule has 1 aliphatic heterocycles. The highest BCUT2D eigenvalue weighted by atomic mass is 35.5. The van der Waals surface area contributed by atoms with Gasteiger partial charge < -0.3 is 10.2 Å². The summed E-state index contributed by atoms with van der Waals surface area (Å²) in [6, 6.07) is 13.8. The first-order chi connectivity index (χ1) is 12.1. The molecule has 0 bridgehead atoms. The molecule has 1 N–H and O–H groups in total.